The van der Waals surface area contributed by atoms with Crippen molar-refractivity contribution in [2.75, 3.05) is 0 Å². The van der Waals surface area contributed by atoms with Crippen molar-refractivity contribution >= 4 is 9.84 Å². The van der Waals surface area contributed by atoms with Crippen LogP contribution in [0.4, 0.5) is 17.6 Å². The van der Waals surface area contributed by atoms with Gasteiger partial charge in [0, 0.05) is 11.5 Å². The van der Waals surface area contributed by atoms with Crippen molar-refractivity contribution in [2.24, 2.45) is 0 Å². The van der Waals surface area contributed by atoms with Crippen LogP contribution in [0.25, 0.3) is 0 Å². The number of fused-ring (bicyclic) bond motifs is 2. The number of alkyl halides is 3. The lowest BCUT2D eigenvalue weighted by molar-refractivity contribution is -0.0437. The van der Waals surface area contributed by atoms with Crippen molar-refractivity contribution in [3.63, 3.8) is 0 Å². The Bertz CT molecular complexity index is 1180. The second kappa shape index (κ2) is 7.06. The molecule has 4 rings (SSSR count). The van der Waals surface area contributed by atoms with E-state index in [-0.39, 0.29) is 29.9 Å². The third-order valence-corrected chi connectivity index (χ3v) is 7.51. The van der Waals surface area contributed by atoms with Gasteiger partial charge in [-0.1, -0.05) is 6.07 Å². The summed E-state index contributed by atoms with van der Waals surface area (Å²) in [6, 6.07) is 6.73. The molecule has 9 heteroatoms. The summed E-state index contributed by atoms with van der Waals surface area (Å²) in [5.41, 5.74) is -3.27. The zero-order valence-corrected chi connectivity index (χ0v) is 16.4. The molecule has 0 unspecified atom stereocenters. The van der Waals surface area contributed by atoms with E-state index in [9.17, 15) is 36.3 Å². The Labute approximate surface area is 170 Å². The summed E-state index contributed by atoms with van der Waals surface area (Å²) in [5.74, 6) is -0.913. The van der Waals surface area contributed by atoms with Crippen molar-refractivity contribution in [1.29, 1.82) is 5.26 Å². The first-order chi connectivity index (χ1) is 14.1. The molecular formula is C21H17F4NO3S. The molecule has 0 fully saturated rings. The molecule has 2 aromatic rings. The average molecular weight is 439 g/mol. The predicted molar refractivity (Wildman–Crippen MR) is 98.9 cm³/mol. The largest absolute Gasteiger partial charge is 0.501 e. The van der Waals surface area contributed by atoms with Gasteiger partial charge in [-0.25, -0.2) is 12.8 Å². The fraction of sp³-hybridized carbons (Fsp3) is 0.381. The minimum atomic E-state index is -5.62. The van der Waals surface area contributed by atoms with Gasteiger partial charge in [0.2, 0.25) is 0 Å². The third-order valence-electron chi connectivity index (χ3n) is 5.96. The third kappa shape index (κ3) is 3.10. The monoisotopic (exact) mass is 439 g/mol. The molecule has 2 aromatic carbocycles. The van der Waals surface area contributed by atoms with E-state index in [1.54, 1.807) is 0 Å². The summed E-state index contributed by atoms with van der Waals surface area (Å²) < 4.78 is 77.5. The summed E-state index contributed by atoms with van der Waals surface area (Å²) >= 11 is 0. The number of benzene rings is 2. The minimum absolute atomic E-state index is 0.112. The van der Waals surface area contributed by atoms with E-state index in [0.29, 0.717) is 41.5 Å². The van der Waals surface area contributed by atoms with Crippen LogP contribution >= 0.6 is 0 Å². The smallest absolute Gasteiger partial charge is 0.388 e. The van der Waals surface area contributed by atoms with Crippen molar-refractivity contribution < 1.29 is 31.1 Å². The molecule has 158 valence electrons. The van der Waals surface area contributed by atoms with Gasteiger partial charge in [-0.05, 0) is 72.6 Å². The number of nitrogens with zero attached hydrogens (tertiary/aromatic N) is 1. The summed E-state index contributed by atoms with van der Waals surface area (Å²) in [7, 11) is -5.62. The number of aryl methyl sites for hydroxylation is 1. The van der Waals surface area contributed by atoms with Gasteiger partial charge < -0.3 is 5.11 Å². The number of nitriles is 1. The maximum absolute atomic E-state index is 13.9. The number of aliphatic hydroxyl groups excluding tert-OH is 1. The van der Waals surface area contributed by atoms with Gasteiger partial charge in [-0.3, -0.25) is 0 Å². The molecule has 2 aliphatic carbocycles. The van der Waals surface area contributed by atoms with E-state index in [0.717, 1.165) is 12.1 Å². The van der Waals surface area contributed by atoms with E-state index in [4.69, 9.17) is 0 Å². The molecule has 30 heavy (non-hydrogen) atoms. The average Bonchev–Trinajstić information content (AvgIpc) is 3.07. The first-order valence-corrected chi connectivity index (χ1v) is 10.9. The van der Waals surface area contributed by atoms with Gasteiger partial charge >= 0.3 is 5.51 Å². The standard InChI is InChI=1S/C21H17F4NO3S/c22-13-8-11-2-1-3-15(19(11)12(9-13)10-26)14-5-7-18(30(28,29)21(23,24)25)20-16(14)4-6-17(20)27/h5,7-9,15,17,27H,1-4,6H2/t15-,17-/m1/s1. The Morgan fingerprint density at radius 1 is 1.10 bits per heavy atom. The summed E-state index contributed by atoms with van der Waals surface area (Å²) in [4.78, 5) is -0.922. The van der Waals surface area contributed by atoms with Crippen molar-refractivity contribution in [1.82, 2.24) is 0 Å². The van der Waals surface area contributed by atoms with Gasteiger partial charge in [0.15, 0.2) is 0 Å². The predicted octanol–water partition coefficient (Wildman–Crippen LogP) is 4.44. The number of halogens is 4. The van der Waals surface area contributed by atoms with Crippen LogP contribution < -0.4 is 0 Å². The van der Waals surface area contributed by atoms with Crippen LogP contribution in [0.15, 0.2) is 29.2 Å². The lowest BCUT2D eigenvalue weighted by Gasteiger charge is -2.29. The first kappa shape index (κ1) is 20.8. The molecule has 1 N–H and O–H groups in total. The van der Waals surface area contributed by atoms with Crippen molar-refractivity contribution in [3.8, 4) is 6.07 Å². The molecule has 2 aliphatic rings. The van der Waals surface area contributed by atoms with Crippen molar-refractivity contribution in [2.45, 2.75) is 54.5 Å². The molecule has 0 aromatic heterocycles. The summed E-state index contributed by atoms with van der Waals surface area (Å²) in [6.07, 6.45) is 0.860. The number of hydrogen-bond acceptors (Lipinski definition) is 4. The molecule has 0 heterocycles. The molecular weight excluding hydrogens is 422 g/mol. The van der Waals surface area contributed by atoms with Gasteiger partial charge in [-0.15, -0.1) is 0 Å². The number of aliphatic hydroxyl groups is 1. The first-order valence-electron chi connectivity index (χ1n) is 9.43. The summed E-state index contributed by atoms with van der Waals surface area (Å²) in [6.45, 7) is 0. The topological polar surface area (TPSA) is 78.2 Å². The van der Waals surface area contributed by atoms with Gasteiger partial charge in [0.25, 0.3) is 9.84 Å². The maximum atomic E-state index is 13.9. The van der Waals surface area contributed by atoms with Crippen LogP contribution in [0.3, 0.4) is 0 Å². The van der Waals surface area contributed by atoms with Gasteiger partial charge in [0.05, 0.1) is 22.6 Å². The lowest BCUT2D eigenvalue weighted by Crippen LogP contribution is -2.25. The Kier molecular flexibility index (Phi) is 4.90. The van der Waals surface area contributed by atoms with Crippen LogP contribution in [-0.2, 0) is 22.7 Å². The second-order valence-electron chi connectivity index (χ2n) is 7.63. The lowest BCUT2D eigenvalue weighted by atomic mass is 9.75. The van der Waals surface area contributed by atoms with Crippen LogP contribution in [0, 0.1) is 17.1 Å². The molecule has 2 atom stereocenters. The van der Waals surface area contributed by atoms with Crippen LogP contribution in [0.2, 0.25) is 0 Å². The van der Waals surface area contributed by atoms with E-state index in [1.165, 1.54) is 12.1 Å². The minimum Gasteiger partial charge on any atom is -0.388 e. The quantitative estimate of drug-likeness (QED) is 0.702. The highest BCUT2D eigenvalue weighted by atomic mass is 32.2. The number of sulfone groups is 1. The van der Waals surface area contributed by atoms with E-state index < -0.39 is 32.2 Å². The zero-order chi connectivity index (χ0) is 21.8. The van der Waals surface area contributed by atoms with Crippen molar-refractivity contribution in [3.05, 3.63) is 63.5 Å². The van der Waals surface area contributed by atoms with Crippen LogP contribution in [-0.4, -0.2) is 19.0 Å². The SMILES string of the molecule is N#Cc1cc(F)cc2c1[C@@H](c1ccc(S(=O)(=O)C(F)(F)F)c3c1CC[C@H]3O)CCC2. The Hall–Kier alpha value is -2.44. The Morgan fingerprint density at radius 2 is 1.83 bits per heavy atom. The summed E-state index contributed by atoms with van der Waals surface area (Å²) in [5, 5.41) is 19.8. The molecule has 0 saturated heterocycles. The molecule has 0 bridgehead atoms. The highest BCUT2D eigenvalue weighted by Crippen LogP contribution is 2.47. The second-order valence-corrected chi connectivity index (χ2v) is 9.54. The molecule has 0 radical (unpaired) electrons. The molecule has 0 aliphatic heterocycles. The highest BCUT2D eigenvalue weighted by Gasteiger charge is 2.49. The van der Waals surface area contributed by atoms with Gasteiger partial charge in [-0.2, -0.15) is 18.4 Å². The number of hydrogen-bond donors (Lipinski definition) is 1. The number of rotatable bonds is 2. The highest BCUT2D eigenvalue weighted by molar-refractivity contribution is 7.92. The Balaban J connectivity index is 1.94. The van der Waals surface area contributed by atoms with E-state index >= 15 is 0 Å². The zero-order valence-electron chi connectivity index (χ0n) is 15.6. The van der Waals surface area contributed by atoms with E-state index in [2.05, 4.69) is 0 Å². The molecule has 0 saturated carbocycles. The molecule has 4 nitrogen and oxygen atoms in total. The fourth-order valence-corrected chi connectivity index (χ4v) is 5.80. The fourth-order valence-electron chi connectivity index (χ4n) is 4.75. The molecule has 0 spiro atoms. The molecule has 0 amide bonds. The Morgan fingerprint density at radius 3 is 2.50 bits per heavy atom. The van der Waals surface area contributed by atoms with Crippen LogP contribution in [0.5, 0.6) is 0 Å². The van der Waals surface area contributed by atoms with Gasteiger partial charge in [0.1, 0.15) is 5.82 Å². The van der Waals surface area contributed by atoms with Crippen LogP contribution in [0.1, 0.15) is 64.7 Å². The maximum Gasteiger partial charge on any atom is 0.501 e. The van der Waals surface area contributed by atoms with E-state index in [1.807, 2.05) is 6.07 Å². The normalized spacial score (nSPS) is 21.1.